The number of anilines is 1. The molecule has 2 aromatic heterocycles. The lowest BCUT2D eigenvalue weighted by Crippen LogP contribution is -2.24. The van der Waals surface area contributed by atoms with Gasteiger partial charge in [-0.15, -0.1) is 11.3 Å². The number of aldehydes is 1. The number of amidine groups is 1. The van der Waals surface area contributed by atoms with E-state index in [2.05, 4.69) is 30.9 Å². The van der Waals surface area contributed by atoms with Crippen molar-refractivity contribution in [3.8, 4) is 11.3 Å². The van der Waals surface area contributed by atoms with Crippen LogP contribution in [0.2, 0.25) is 5.02 Å². The van der Waals surface area contributed by atoms with Gasteiger partial charge in [0.25, 0.3) is 0 Å². The molecule has 0 fully saturated rings. The molecule has 1 N–H and O–H groups in total. The van der Waals surface area contributed by atoms with E-state index in [1.165, 1.54) is 4.88 Å². The number of aromatic nitrogens is 2. The lowest BCUT2D eigenvalue weighted by Gasteiger charge is -2.22. The van der Waals surface area contributed by atoms with Crippen LogP contribution in [0.25, 0.3) is 11.3 Å². The molecule has 10 heteroatoms. The zero-order valence-corrected chi connectivity index (χ0v) is 23.2. The van der Waals surface area contributed by atoms with Crippen LogP contribution in [0.1, 0.15) is 37.0 Å². The third-order valence-electron chi connectivity index (χ3n) is 5.02. The van der Waals surface area contributed by atoms with Gasteiger partial charge in [0.05, 0.1) is 16.4 Å². The number of ether oxygens (including phenoxy) is 1. The first-order chi connectivity index (χ1) is 16.5. The normalized spacial score (nSPS) is 12.9. The molecule has 0 bridgehead atoms. The summed E-state index contributed by atoms with van der Waals surface area (Å²) in [6.45, 7) is 7.38. The highest BCUT2D eigenvalue weighted by atomic mass is 79.9. The molecular formula is C25H26BrClN4O3S. The van der Waals surface area contributed by atoms with Crippen molar-refractivity contribution >= 4 is 56.7 Å². The maximum absolute atomic E-state index is 11.4. The maximum Gasteiger partial charge on any atom is 0.233 e. The molecule has 35 heavy (non-hydrogen) atoms. The molecule has 0 unspecified atom stereocenters. The van der Waals surface area contributed by atoms with Gasteiger partial charge in [-0.25, -0.2) is 9.97 Å². The van der Waals surface area contributed by atoms with E-state index >= 15 is 0 Å². The van der Waals surface area contributed by atoms with Crippen LogP contribution < -0.4 is 4.90 Å². The van der Waals surface area contributed by atoms with Crippen LogP contribution in [0.5, 0.6) is 0 Å². The number of halogens is 2. The van der Waals surface area contributed by atoms with Crippen LogP contribution in [0.3, 0.4) is 0 Å². The smallest absolute Gasteiger partial charge is 0.233 e. The molecule has 0 aliphatic heterocycles. The lowest BCUT2D eigenvalue weighted by atomic mass is 10.1. The first-order valence-corrected chi connectivity index (χ1v) is 12.7. The molecule has 0 aliphatic rings. The van der Waals surface area contributed by atoms with Crippen LogP contribution in [-0.2, 0) is 21.7 Å². The van der Waals surface area contributed by atoms with Crippen LogP contribution in [0.15, 0.2) is 57.3 Å². The highest BCUT2D eigenvalue weighted by molar-refractivity contribution is 9.12. The molecule has 3 rings (SSSR count). The van der Waals surface area contributed by atoms with Crippen molar-refractivity contribution < 1.29 is 14.6 Å². The van der Waals surface area contributed by atoms with Crippen molar-refractivity contribution in [2.45, 2.75) is 39.9 Å². The fraction of sp³-hybridized carbons (Fsp3) is 0.280. The predicted molar refractivity (Wildman–Crippen MR) is 145 cm³/mol. The Bertz CT molecular complexity index is 1280. The molecule has 0 amide bonds. The molecule has 0 atom stereocenters. The minimum Gasteiger partial charge on any atom is -0.472 e. The molecule has 2 heterocycles. The quantitative estimate of drug-likeness (QED) is 0.112. The molecule has 1 aromatic carbocycles. The SMILES string of the molecule is C/C(=N/C(OCc1csc(C)c1)=C(/Br)C=O)N(C)c1cc(-c2ccnc(C(C)(C)O)n2)ccc1Cl. The van der Waals surface area contributed by atoms with Gasteiger partial charge in [-0.2, -0.15) is 4.99 Å². The number of rotatable bonds is 8. The predicted octanol–water partition coefficient (Wildman–Crippen LogP) is 6.23. The maximum atomic E-state index is 11.4. The van der Waals surface area contributed by atoms with Gasteiger partial charge in [0.1, 0.15) is 22.5 Å². The summed E-state index contributed by atoms with van der Waals surface area (Å²) in [5.41, 5.74) is 1.97. The van der Waals surface area contributed by atoms with Crippen molar-refractivity contribution in [3.05, 3.63) is 73.6 Å². The Morgan fingerprint density at radius 1 is 1.34 bits per heavy atom. The standard InChI is InChI=1S/C25H26BrClN4O3S/c1-15-10-17(14-35-15)13-34-23(19(26)12-32)29-16(2)31(5)22-11-18(6-7-20(22)27)21-8-9-28-24(30-21)25(3,4)33/h6-12,14,33H,13H2,1-5H3/b23-19-,29-16-. The van der Waals surface area contributed by atoms with E-state index in [1.807, 2.05) is 37.6 Å². The summed E-state index contributed by atoms with van der Waals surface area (Å²) in [6, 6.07) is 9.30. The number of hydrogen-bond acceptors (Lipinski definition) is 7. The van der Waals surface area contributed by atoms with Crippen molar-refractivity contribution in [2.75, 3.05) is 11.9 Å². The zero-order valence-electron chi connectivity index (χ0n) is 20.0. The summed E-state index contributed by atoms with van der Waals surface area (Å²) in [7, 11) is 1.82. The highest BCUT2D eigenvalue weighted by Crippen LogP contribution is 2.31. The van der Waals surface area contributed by atoms with Crippen LogP contribution in [-0.4, -0.2) is 34.2 Å². The Labute approximate surface area is 222 Å². The number of aliphatic imine (C=N–C) groups is 1. The van der Waals surface area contributed by atoms with E-state index in [9.17, 15) is 9.90 Å². The fourth-order valence-electron chi connectivity index (χ4n) is 3.07. The van der Waals surface area contributed by atoms with Gasteiger partial charge >= 0.3 is 0 Å². The average molecular weight is 578 g/mol. The van der Waals surface area contributed by atoms with Crippen molar-refractivity contribution in [2.24, 2.45) is 4.99 Å². The van der Waals surface area contributed by atoms with Gasteiger partial charge < -0.3 is 14.7 Å². The van der Waals surface area contributed by atoms with Gasteiger partial charge in [0.2, 0.25) is 5.88 Å². The Kier molecular flexibility index (Phi) is 8.82. The molecule has 3 aromatic rings. The summed E-state index contributed by atoms with van der Waals surface area (Å²) in [6.07, 6.45) is 2.26. The van der Waals surface area contributed by atoms with E-state index in [4.69, 9.17) is 16.3 Å². The summed E-state index contributed by atoms with van der Waals surface area (Å²) >= 11 is 11.4. The number of carbonyl (C=O) groups excluding carboxylic acids is 1. The number of allylic oxidation sites excluding steroid dienone is 1. The van der Waals surface area contributed by atoms with E-state index in [0.29, 0.717) is 34.4 Å². The van der Waals surface area contributed by atoms with Crippen LogP contribution in [0.4, 0.5) is 5.69 Å². The van der Waals surface area contributed by atoms with Crippen molar-refractivity contribution in [1.82, 2.24) is 9.97 Å². The molecule has 0 radical (unpaired) electrons. The van der Waals surface area contributed by atoms with Crippen molar-refractivity contribution in [1.29, 1.82) is 0 Å². The van der Waals surface area contributed by atoms with Gasteiger partial charge in [-0.1, -0.05) is 17.7 Å². The second-order valence-electron chi connectivity index (χ2n) is 8.33. The van der Waals surface area contributed by atoms with E-state index < -0.39 is 5.60 Å². The Morgan fingerprint density at radius 3 is 2.71 bits per heavy atom. The molecular weight excluding hydrogens is 552 g/mol. The second-order valence-corrected chi connectivity index (χ2v) is 10.7. The number of thiophene rings is 1. The summed E-state index contributed by atoms with van der Waals surface area (Å²) in [4.78, 5) is 27.6. The third kappa shape index (κ3) is 6.98. The zero-order chi connectivity index (χ0) is 25.8. The van der Waals surface area contributed by atoms with Crippen molar-refractivity contribution in [3.63, 3.8) is 0 Å². The van der Waals surface area contributed by atoms with E-state index in [1.54, 1.807) is 55.3 Å². The third-order valence-corrected chi connectivity index (χ3v) is 6.78. The minimum absolute atomic E-state index is 0.172. The topological polar surface area (TPSA) is 87.9 Å². The van der Waals surface area contributed by atoms with Gasteiger partial charge in [0.15, 0.2) is 12.1 Å². The highest BCUT2D eigenvalue weighted by Gasteiger charge is 2.20. The number of aryl methyl sites for hydroxylation is 1. The van der Waals surface area contributed by atoms with Crippen LogP contribution in [0, 0.1) is 6.92 Å². The van der Waals surface area contributed by atoms with Gasteiger partial charge in [-0.05, 0) is 73.3 Å². The largest absolute Gasteiger partial charge is 0.472 e. The Morgan fingerprint density at radius 2 is 2.09 bits per heavy atom. The fourth-order valence-corrected chi connectivity index (χ4v) is 4.21. The monoisotopic (exact) mass is 576 g/mol. The number of nitrogens with zero attached hydrogens (tertiary/aromatic N) is 4. The number of hydrogen-bond donors (Lipinski definition) is 1. The van der Waals surface area contributed by atoms with E-state index in [0.717, 1.165) is 11.1 Å². The lowest BCUT2D eigenvalue weighted by molar-refractivity contribution is -0.104. The first-order valence-electron chi connectivity index (χ1n) is 10.7. The summed E-state index contributed by atoms with van der Waals surface area (Å²) in [5, 5.41) is 12.8. The first kappa shape index (κ1) is 27.0. The second kappa shape index (κ2) is 11.4. The minimum atomic E-state index is -1.16. The van der Waals surface area contributed by atoms with Gasteiger partial charge in [0, 0.05) is 29.2 Å². The summed E-state index contributed by atoms with van der Waals surface area (Å²) in [5.74, 6) is 1.05. The Balaban J connectivity index is 1.90. The Hall–Kier alpha value is -2.59. The molecule has 0 saturated carbocycles. The molecule has 184 valence electrons. The van der Waals surface area contributed by atoms with E-state index in [-0.39, 0.29) is 17.0 Å². The molecule has 0 spiro atoms. The molecule has 7 nitrogen and oxygen atoms in total. The number of carbonyl (C=O) groups is 1. The number of benzene rings is 1. The molecule has 0 saturated heterocycles. The molecule has 0 aliphatic carbocycles. The van der Waals surface area contributed by atoms with Crippen LogP contribution >= 0.6 is 38.9 Å². The van der Waals surface area contributed by atoms with Gasteiger partial charge in [-0.3, -0.25) is 4.79 Å². The summed E-state index contributed by atoms with van der Waals surface area (Å²) < 4.78 is 6.05. The number of aliphatic hydroxyl groups is 1. The average Bonchev–Trinajstić information content (AvgIpc) is 3.25.